The predicted molar refractivity (Wildman–Crippen MR) is 85.7 cm³/mol. The number of hydrogen-bond donors (Lipinski definition) is 2. The van der Waals surface area contributed by atoms with E-state index in [-0.39, 0.29) is 24.2 Å². The van der Waals surface area contributed by atoms with E-state index in [4.69, 9.17) is 0 Å². The van der Waals surface area contributed by atoms with E-state index in [0.29, 0.717) is 17.8 Å². The minimum atomic E-state index is -0.0333. The molecule has 0 bridgehead atoms. The van der Waals surface area contributed by atoms with Crippen molar-refractivity contribution in [1.82, 2.24) is 20.1 Å². The number of piperidine rings is 1. The van der Waals surface area contributed by atoms with Crippen molar-refractivity contribution in [3.63, 3.8) is 0 Å². The molecule has 21 heavy (non-hydrogen) atoms. The fourth-order valence-corrected chi connectivity index (χ4v) is 2.29. The summed E-state index contributed by atoms with van der Waals surface area (Å²) < 4.78 is 1.67. The van der Waals surface area contributed by atoms with Gasteiger partial charge in [-0.15, -0.1) is 12.4 Å². The molecule has 0 spiro atoms. The summed E-state index contributed by atoms with van der Waals surface area (Å²) in [6, 6.07) is 0. The molecule has 0 aromatic carbocycles. The Kier molecular flexibility index (Phi) is 6.61. The SMILES string of the molecule is CC(C)C(C)C(=O)Nc1nc(C2CCNCC2)nn1C.Cl. The van der Waals surface area contributed by atoms with E-state index in [1.54, 1.807) is 4.68 Å². The lowest BCUT2D eigenvalue weighted by atomic mass is 9.97. The number of nitrogens with zero attached hydrogens (tertiary/aromatic N) is 3. The van der Waals surface area contributed by atoms with Gasteiger partial charge in [0.05, 0.1) is 0 Å². The molecule has 1 fully saturated rings. The molecule has 1 aromatic heterocycles. The monoisotopic (exact) mass is 315 g/mol. The highest BCUT2D eigenvalue weighted by Crippen LogP contribution is 2.23. The van der Waals surface area contributed by atoms with Gasteiger partial charge in [0.1, 0.15) is 0 Å². The van der Waals surface area contributed by atoms with Crippen molar-refractivity contribution in [2.45, 2.75) is 39.5 Å². The van der Waals surface area contributed by atoms with Gasteiger partial charge < -0.3 is 5.32 Å². The molecular weight excluding hydrogens is 290 g/mol. The first-order valence-electron chi connectivity index (χ1n) is 7.41. The van der Waals surface area contributed by atoms with Gasteiger partial charge in [0, 0.05) is 18.9 Å². The summed E-state index contributed by atoms with van der Waals surface area (Å²) in [6.07, 6.45) is 2.11. The minimum Gasteiger partial charge on any atom is -0.317 e. The third-order valence-electron chi connectivity index (χ3n) is 4.13. The second-order valence-corrected chi connectivity index (χ2v) is 5.96. The molecule has 0 radical (unpaired) electrons. The maximum absolute atomic E-state index is 12.1. The van der Waals surface area contributed by atoms with Gasteiger partial charge in [0.25, 0.3) is 0 Å². The number of carbonyl (C=O) groups is 1. The molecule has 7 heteroatoms. The molecular formula is C14H26ClN5O. The molecule has 1 atom stereocenters. The van der Waals surface area contributed by atoms with Crippen LogP contribution < -0.4 is 10.6 Å². The van der Waals surface area contributed by atoms with Crippen molar-refractivity contribution >= 4 is 24.3 Å². The van der Waals surface area contributed by atoms with Gasteiger partial charge in [-0.1, -0.05) is 20.8 Å². The Morgan fingerprint density at radius 1 is 1.33 bits per heavy atom. The Balaban J connectivity index is 0.00000220. The Morgan fingerprint density at radius 2 is 1.95 bits per heavy atom. The van der Waals surface area contributed by atoms with Crippen LogP contribution in [0.25, 0.3) is 0 Å². The summed E-state index contributed by atoms with van der Waals surface area (Å²) in [4.78, 5) is 16.6. The van der Waals surface area contributed by atoms with Crippen LogP contribution in [0.15, 0.2) is 0 Å². The third kappa shape index (κ3) is 4.41. The molecule has 2 N–H and O–H groups in total. The first kappa shape index (κ1) is 17.9. The summed E-state index contributed by atoms with van der Waals surface area (Å²) >= 11 is 0. The zero-order chi connectivity index (χ0) is 14.7. The molecule has 2 rings (SSSR count). The first-order valence-corrected chi connectivity index (χ1v) is 7.41. The maximum atomic E-state index is 12.1. The normalized spacial score (nSPS) is 17.4. The zero-order valence-electron chi connectivity index (χ0n) is 13.2. The molecule has 1 aromatic rings. The molecule has 1 aliphatic heterocycles. The van der Waals surface area contributed by atoms with Crippen LogP contribution in [0, 0.1) is 11.8 Å². The smallest absolute Gasteiger partial charge is 0.229 e. The van der Waals surface area contributed by atoms with E-state index in [0.717, 1.165) is 31.8 Å². The number of nitrogens with one attached hydrogen (secondary N) is 2. The number of aromatic nitrogens is 3. The topological polar surface area (TPSA) is 71.8 Å². The molecule has 120 valence electrons. The summed E-state index contributed by atoms with van der Waals surface area (Å²) in [7, 11) is 1.83. The van der Waals surface area contributed by atoms with E-state index in [1.807, 2.05) is 27.8 Å². The van der Waals surface area contributed by atoms with Crippen LogP contribution in [-0.2, 0) is 11.8 Å². The average Bonchev–Trinajstić information content (AvgIpc) is 2.80. The number of halogens is 1. The Hall–Kier alpha value is -1.14. The third-order valence-corrected chi connectivity index (χ3v) is 4.13. The second kappa shape index (κ2) is 7.75. The highest BCUT2D eigenvalue weighted by molar-refractivity contribution is 5.90. The van der Waals surface area contributed by atoms with Gasteiger partial charge in [-0.2, -0.15) is 10.1 Å². The molecule has 0 aliphatic carbocycles. The lowest BCUT2D eigenvalue weighted by Gasteiger charge is -2.19. The number of anilines is 1. The zero-order valence-corrected chi connectivity index (χ0v) is 14.0. The lowest BCUT2D eigenvalue weighted by Crippen LogP contribution is -2.27. The molecule has 1 amide bonds. The predicted octanol–water partition coefficient (Wildman–Crippen LogP) is 1.93. The second-order valence-electron chi connectivity index (χ2n) is 5.96. The summed E-state index contributed by atoms with van der Waals surface area (Å²) in [6.45, 7) is 8.04. The summed E-state index contributed by atoms with van der Waals surface area (Å²) in [5.41, 5.74) is 0. The number of hydrogen-bond acceptors (Lipinski definition) is 4. The Bertz CT molecular complexity index is 468. The van der Waals surface area contributed by atoms with E-state index in [2.05, 4.69) is 20.7 Å². The summed E-state index contributed by atoms with van der Waals surface area (Å²) in [5.74, 6) is 2.08. The summed E-state index contributed by atoms with van der Waals surface area (Å²) in [5, 5.41) is 10.7. The van der Waals surface area contributed by atoms with Gasteiger partial charge in [0.15, 0.2) is 5.82 Å². The van der Waals surface area contributed by atoms with Gasteiger partial charge in [0.2, 0.25) is 11.9 Å². The molecule has 1 unspecified atom stereocenters. The fourth-order valence-electron chi connectivity index (χ4n) is 2.29. The van der Waals surface area contributed by atoms with Crippen molar-refractivity contribution in [3.05, 3.63) is 5.82 Å². The molecule has 0 saturated carbocycles. The standard InChI is InChI=1S/C14H25N5O.ClH/c1-9(2)10(3)13(20)17-14-16-12(18-19(14)4)11-5-7-15-8-6-11;/h9-11,15H,5-8H2,1-4H3,(H,16,17,18,20);1H. The largest absolute Gasteiger partial charge is 0.317 e. The number of rotatable bonds is 4. The van der Waals surface area contributed by atoms with Gasteiger partial charge in [-0.25, -0.2) is 4.68 Å². The Morgan fingerprint density at radius 3 is 2.52 bits per heavy atom. The van der Waals surface area contributed by atoms with Crippen molar-refractivity contribution < 1.29 is 4.79 Å². The number of aryl methyl sites for hydroxylation is 1. The highest BCUT2D eigenvalue weighted by atomic mass is 35.5. The van der Waals surface area contributed by atoms with Crippen molar-refractivity contribution in [2.24, 2.45) is 18.9 Å². The van der Waals surface area contributed by atoms with Gasteiger partial charge in [-0.3, -0.25) is 10.1 Å². The Labute approximate surface area is 132 Å². The molecule has 2 heterocycles. The quantitative estimate of drug-likeness (QED) is 0.890. The molecule has 1 saturated heterocycles. The number of amides is 1. The highest BCUT2D eigenvalue weighted by Gasteiger charge is 2.23. The first-order chi connectivity index (χ1) is 9.49. The van der Waals surface area contributed by atoms with E-state index < -0.39 is 0 Å². The van der Waals surface area contributed by atoms with Gasteiger partial charge >= 0.3 is 0 Å². The van der Waals surface area contributed by atoms with Crippen molar-refractivity contribution in [1.29, 1.82) is 0 Å². The maximum Gasteiger partial charge on any atom is 0.229 e. The van der Waals surface area contributed by atoms with Crippen LogP contribution in [-0.4, -0.2) is 33.8 Å². The van der Waals surface area contributed by atoms with Crippen molar-refractivity contribution in [2.75, 3.05) is 18.4 Å². The van der Waals surface area contributed by atoms with Crippen molar-refractivity contribution in [3.8, 4) is 0 Å². The average molecular weight is 316 g/mol. The van der Waals surface area contributed by atoms with Crippen LogP contribution in [0.1, 0.15) is 45.4 Å². The van der Waals surface area contributed by atoms with Crippen LogP contribution in [0.3, 0.4) is 0 Å². The van der Waals surface area contributed by atoms with E-state index in [9.17, 15) is 4.79 Å². The molecule has 1 aliphatic rings. The fraction of sp³-hybridized carbons (Fsp3) is 0.786. The van der Waals surface area contributed by atoms with Crippen LogP contribution in [0.4, 0.5) is 5.95 Å². The van der Waals surface area contributed by atoms with E-state index in [1.165, 1.54) is 0 Å². The van der Waals surface area contributed by atoms with E-state index >= 15 is 0 Å². The van der Waals surface area contributed by atoms with Crippen LogP contribution >= 0.6 is 12.4 Å². The molecule has 6 nitrogen and oxygen atoms in total. The van der Waals surface area contributed by atoms with Crippen LogP contribution in [0.2, 0.25) is 0 Å². The van der Waals surface area contributed by atoms with Gasteiger partial charge in [-0.05, 0) is 31.8 Å². The van der Waals surface area contributed by atoms with Crippen LogP contribution in [0.5, 0.6) is 0 Å². The number of carbonyl (C=O) groups excluding carboxylic acids is 1. The lowest BCUT2D eigenvalue weighted by molar-refractivity contribution is -0.120. The minimum absolute atomic E-state index is 0.